The Morgan fingerprint density at radius 2 is 1.72 bits per heavy atom. The molecule has 1 fully saturated rings. The fourth-order valence-corrected chi connectivity index (χ4v) is 4.34. The van der Waals surface area contributed by atoms with E-state index >= 15 is 0 Å². The number of benzene rings is 3. The van der Waals surface area contributed by atoms with Crippen LogP contribution in [0.5, 0.6) is 17.2 Å². The first kappa shape index (κ1) is 24.8. The molecule has 10 heteroatoms. The Kier molecular flexibility index (Phi) is 7.86. The van der Waals surface area contributed by atoms with Crippen LogP contribution in [0, 0.1) is 10.1 Å². The lowest BCUT2D eigenvalue weighted by Gasteiger charge is -2.13. The molecule has 9 nitrogen and oxygen atoms in total. The first-order valence-corrected chi connectivity index (χ1v) is 11.7. The van der Waals surface area contributed by atoms with Crippen molar-refractivity contribution in [2.24, 2.45) is 0 Å². The highest BCUT2D eigenvalue weighted by Crippen LogP contribution is 2.35. The van der Waals surface area contributed by atoms with Crippen molar-refractivity contribution in [3.63, 3.8) is 0 Å². The van der Waals surface area contributed by atoms with Crippen LogP contribution in [0.15, 0.2) is 77.7 Å². The zero-order chi connectivity index (χ0) is 25.5. The fourth-order valence-electron chi connectivity index (χ4n) is 3.48. The van der Waals surface area contributed by atoms with E-state index in [9.17, 15) is 19.7 Å². The Morgan fingerprint density at radius 1 is 0.972 bits per heavy atom. The van der Waals surface area contributed by atoms with Gasteiger partial charge < -0.3 is 14.2 Å². The smallest absolute Gasteiger partial charge is 0.293 e. The number of ether oxygens (including phenoxy) is 3. The SMILES string of the molecule is COc1cc(/C=C2\SC(=O)N(CCOc3ccccc3)C2=O)ccc1OCc1ccccc1[N+](=O)[O-]. The molecule has 0 unspecified atom stereocenters. The zero-order valence-corrected chi connectivity index (χ0v) is 20.1. The highest BCUT2D eigenvalue weighted by molar-refractivity contribution is 8.18. The van der Waals surface area contributed by atoms with Gasteiger partial charge in [-0.3, -0.25) is 24.6 Å². The molecule has 0 aromatic heterocycles. The number of methoxy groups -OCH3 is 1. The van der Waals surface area contributed by atoms with Gasteiger partial charge in [-0.05, 0) is 53.7 Å². The van der Waals surface area contributed by atoms with Crippen molar-refractivity contribution >= 4 is 34.7 Å². The third kappa shape index (κ3) is 5.84. The van der Waals surface area contributed by atoms with Gasteiger partial charge in [-0.15, -0.1) is 0 Å². The number of amides is 2. The summed E-state index contributed by atoms with van der Waals surface area (Å²) in [5.74, 6) is 1.05. The summed E-state index contributed by atoms with van der Waals surface area (Å²) in [4.78, 5) is 37.4. The maximum absolute atomic E-state index is 12.8. The average molecular weight is 507 g/mol. The second kappa shape index (κ2) is 11.4. The maximum atomic E-state index is 12.8. The first-order chi connectivity index (χ1) is 17.5. The van der Waals surface area contributed by atoms with Gasteiger partial charge in [0, 0.05) is 6.07 Å². The van der Waals surface area contributed by atoms with Crippen molar-refractivity contribution in [3.05, 3.63) is 98.9 Å². The Bertz CT molecular complexity index is 1310. The molecular formula is C26H22N2O7S. The van der Waals surface area contributed by atoms with Crippen LogP contribution in [-0.2, 0) is 11.4 Å². The molecule has 0 N–H and O–H groups in total. The fraction of sp³-hybridized carbons (Fsp3) is 0.154. The monoisotopic (exact) mass is 506 g/mol. The topological polar surface area (TPSA) is 108 Å². The van der Waals surface area contributed by atoms with E-state index in [0.29, 0.717) is 28.4 Å². The third-order valence-electron chi connectivity index (χ3n) is 5.26. The standard InChI is InChI=1S/C26H22N2O7S/c1-33-23-15-18(11-12-22(23)35-17-19-7-5-6-10-21(19)28(31)32)16-24-25(29)27(26(30)36-24)13-14-34-20-8-3-2-4-9-20/h2-12,15-16H,13-14,17H2,1H3/b24-16-. The Balaban J connectivity index is 1.42. The molecule has 4 rings (SSSR count). The quantitative estimate of drug-likeness (QED) is 0.207. The average Bonchev–Trinajstić information content (AvgIpc) is 3.15. The van der Waals surface area contributed by atoms with Crippen molar-refractivity contribution < 1.29 is 28.7 Å². The summed E-state index contributed by atoms with van der Waals surface area (Å²) in [5, 5.41) is 10.9. The summed E-state index contributed by atoms with van der Waals surface area (Å²) in [6.45, 7) is 0.310. The highest BCUT2D eigenvalue weighted by atomic mass is 32.2. The summed E-state index contributed by atoms with van der Waals surface area (Å²) >= 11 is 0.859. The van der Waals surface area contributed by atoms with E-state index in [1.807, 2.05) is 18.2 Å². The predicted octanol–water partition coefficient (Wildman–Crippen LogP) is 5.30. The number of carbonyl (C=O) groups is 2. The predicted molar refractivity (Wildman–Crippen MR) is 135 cm³/mol. The van der Waals surface area contributed by atoms with Gasteiger partial charge in [-0.2, -0.15) is 0 Å². The molecular weight excluding hydrogens is 484 g/mol. The van der Waals surface area contributed by atoms with Gasteiger partial charge in [-0.1, -0.05) is 36.4 Å². The van der Waals surface area contributed by atoms with Crippen molar-refractivity contribution in [2.75, 3.05) is 20.3 Å². The van der Waals surface area contributed by atoms with Crippen LogP contribution >= 0.6 is 11.8 Å². The highest BCUT2D eigenvalue weighted by Gasteiger charge is 2.34. The van der Waals surface area contributed by atoms with Crippen molar-refractivity contribution in [3.8, 4) is 17.2 Å². The molecule has 0 spiro atoms. The number of hydrogen-bond donors (Lipinski definition) is 0. The molecule has 1 aliphatic heterocycles. The summed E-state index contributed by atoms with van der Waals surface area (Å²) in [5.41, 5.74) is 1.03. The third-order valence-corrected chi connectivity index (χ3v) is 6.16. The molecule has 0 atom stereocenters. The van der Waals surface area contributed by atoms with E-state index in [-0.39, 0.29) is 35.6 Å². The maximum Gasteiger partial charge on any atom is 0.293 e. The van der Waals surface area contributed by atoms with Gasteiger partial charge in [-0.25, -0.2) is 0 Å². The van der Waals surface area contributed by atoms with E-state index in [0.717, 1.165) is 16.7 Å². The van der Waals surface area contributed by atoms with Crippen LogP contribution in [0.25, 0.3) is 6.08 Å². The second-order valence-electron chi connectivity index (χ2n) is 7.58. The summed E-state index contributed by atoms with van der Waals surface area (Å²) in [6, 6.07) is 20.5. The van der Waals surface area contributed by atoms with Crippen molar-refractivity contribution in [1.82, 2.24) is 4.90 Å². The van der Waals surface area contributed by atoms with Gasteiger partial charge in [0.2, 0.25) is 0 Å². The van der Waals surface area contributed by atoms with E-state index in [1.54, 1.807) is 54.6 Å². The molecule has 0 aliphatic carbocycles. The van der Waals surface area contributed by atoms with E-state index < -0.39 is 10.8 Å². The normalized spacial score (nSPS) is 14.2. The lowest BCUT2D eigenvalue weighted by Crippen LogP contribution is -2.32. The van der Waals surface area contributed by atoms with Crippen LogP contribution in [0.2, 0.25) is 0 Å². The number of rotatable bonds is 10. The molecule has 1 heterocycles. The van der Waals surface area contributed by atoms with Gasteiger partial charge in [0.1, 0.15) is 19.0 Å². The molecule has 36 heavy (non-hydrogen) atoms. The molecule has 184 valence electrons. The lowest BCUT2D eigenvalue weighted by atomic mass is 10.1. The molecule has 0 bridgehead atoms. The van der Waals surface area contributed by atoms with Crippen LogP contribution < -0.4 is 14.2 Å². The van der Waals surface area contributed by atoms with Crippen LogP contribution in [0.1, 0.15) is 11.1 Å². The number of nitrogens with zero attached hydrogens (tertiary/aromatic N) is 2. The van der Waals surface area contributed by atoms with E-state index in [4.69, 9.17) is 14.2 Å². The van der Waals surface area contributed by atoms with Crippen LogP contribution in [-0.4, -0.2) is 41.2 Å². The minimum Gasteiger partial charge on any atom is -0.493 e. The van der Waals surface area contributed by atoms with Crippen LogP contribution in [0.4, 0.5) is 10.5 Å². The number of nitro benzene ring substituents is 1. The molecule has 2 amide bonds. The first-order valence-electron chi connectivity index (χ1n) is 10.9. The van der Waals surface area contributed by atoms with E-state index in [1.165, 1.54) is 13.2 Å². The number of nitro groups is 1. The minimum atomic E-state index is -0.458. The molecule has 3 aromatic rings. The molecule has 0 radical (unpaired) electrons. The molecule has 1 aliphatic rings. The summed E-state index contributed by atoms with van der Waals surface area (Å²) in [6.07, 6.45) is 1.61. The number of hydrogen-bond acceptors (Lipinski definition) is 8. The Hall–Kier alpha value is -4.31. The van der Waals surface area contributed by atoms with Gasteiger partial charge in [0.15, 0.2) is 11.5 Å². The summed E-state index contributed by atoms with van der Waals surface area (Å²) in [7, 11) is 1.47. The zero-order valence-electron chi connectivity index (χ0n) is 19.3. The van der Waals surface area contributed by atoms with Gasteiger partial charge in [0.25, 0.3) is 16.8 Å². The van der Waals surface area contributed by atoms with Gasteiger partial charge >= 0.3 is 0 Å². The summed E-state index contributed by atoms with van der Waals surface area (Å²) < 4.78 is 16.8. The number of carbonyl (C=O) groups excluding carboxylic acids is 2. The Morgan fingerprint density at radius 3 is 2.47 bits per heavy atom. The number of imide groups is 1. The minimum absolute atomic E-state index is 0.0171. The number of thioether (sulfide) groups is 1. The van der Waals surface area contributed by atoms with E-state index in [2.05, 4.69) is 0 Å². The second-order valence-corrected chi connectivity index (χ2v) is 8.57. The number of para-hydroxylation sites is 2. The van der Waals surface area contributed by atoms with Crippen molar-refractivity contribution in [1.29, 1.82) is 0 Å². The largest absolute Gasteiger partial charge is 0.493 e. The molecule has 3 aromatic carbocycles. The molecule has 1 saturated heterocycles. The lowest BCUT2D eigenvalue weighted by molar-refractivity contribution is -0.385. The van der Waals surface area contributed by atoms with Gasteiger partial charge in [0.05, 0.1) is 29.0 Å². The Labute approximate surface area is 211 Å². The van der Waals surface area contributed by atoms with Crippen molar-refractivity contribution in [2.45, 2.75) is 6.61 Å². The molecule has 0 saturated carbocycles. The van der Waals surface area contributed by atoms with Crippen LogP contribution in [0.3, 0.4) is 0 Å².